The summed E-state index contributed by atoms with van der Waals surface area (Å²) in [6, 6.07) is 8.59. The Morgan fingerprint density at radius 1 is 1.21 bits per heavy atom. The monoisotopic (exact) mass is 475 g/mol. The number of hydroxylamine groups is 2. The van der Waals surface area contributed by atoms with Gasteiger partial charge < -0.3 is 24.9 Å². The number of nitrogens with zero attached hydrogens (tertiary/aromatic N) is 1. The van der Waals surface area contributed by atoms with Crippen LogP contribution in [0, 0.1) is 5.41 Å². The number of hydrogen-bond acceptors (Lipinski definition) is 7. The Kier molecular flexibility index (Phi) is 9.44. The van der Waals surface area contributed by atoms with Crippen molar-refractivity contribution in [1.82, 2.24) is 15.7 Å². The van der Waals surface area contributed by atoms with Crippen LogP contribution in [0.15, 0.2) is 30.3 Å². The molecule has 2 aliphatic heterocycles. The average Bonchev–Trinajstić information content (AvgIpc) is 3.17. The van der Waals surface area contributed by atoms with Gasteiger partial charge in [-0.05, 0) is 36.7 Å². The van der Waals surface area contributed by atoms with E-state index in [0.29, 0.717) is 39.1 Å². The molecule has 0 spiro atoms. The number of rotatable bonds is 10. The average molecular weight is 476 g/mol. The molecule has 9 nitrogen and oxygen atoms in total. The van der Waals surface area contributed by atoms with E-state index in [1.54, 1.807) is 0 Å². The van der Waals surface area contributed by atoms with E-state index >= 15 is 0 Å². The molecule has 3 atom stereocenters. The van der Waals surface area contributed by atoms with E-state index in [9.17, 15) is 14.4 Å². The Balaban J connectivity index is 1.65. The molecular formula is C25H37N3O6. The topological polar surface area (TPSA) is 106 Å². The Bertz CT molecular complexity index is 825. The van der Waals surface area contributed by atoms with E-state index in [1.165, 1.54) is 10.6 Å². The molecule has 0 aliphatic carbocycles. The molecule has 0 saturated carbocycles. The Morgan fingerprint density at radius 3 is 2.59 bits per heavy atom. The van der Waals surface area contributed by atoms with Gasteiger partial charge in [-0.25, -0.2) is 4.79 Å². The van der Waals surface area contributed by atoms with Gasteiger partial charge in [-0.3, -0.25) is 9.59 Å². The molecule has 2 aliphatic rings. The van der Waals surface area contributed by atoms with Crippen LogP contribution in [0.2, 0.25) is 0 Å². The van der Waals surface area contributed by atoms with Crippen LogP contribution < -0.4 is 10.6 Å². The number of morpholine rings is 1. The molecule has 3 rings (SSSR count). The van der Waals surface area contributed by atoms with E-state index in [2.05, 4.69) is 36.6 Å². The summed E-state index contributed by atoms with van der Waals surface area (Å²) in [7, 11) is 0. The number of aryl methyl sites for hydroxylation is 1. The number of Topliss-reactive ketones (excluding diaryl/α,β-unsaturated/α-hetero) is 1. The Labute approximate surface area is 201 Å². The van der Waals surface area contributed by atoms with Crippen molar-refractivity contribution in [3.05, 3.63) is 35.9 Å². The van der Waals surface area contributed by atoms with Crippen molar-refractivity contribution >= 4 is 17.8 Å². The molecular weight excluding hydrogens is 438 g/mol. The molecule has 1 aromatic carbocycles. The maximum absolute atomic E-state index is 13.3. The zero-order valence-electron chi connectivity index (χ0n) is 20.4. The first-order valence-corrected chi connectivity index (χ1v) is 12.1. The zero-order valence-corrected chi connectivity index (χ0v) is 20.4. The van der Waals surface area contributed by atoms with Crippen molar-refractivity contribution in [2.45, 2.75) is 64.6 Å². The van der Waals surface area contributed by atoms with Gasteiger partial charge in [0, 0.05) is 0 Å². The molecule has 2 unspecified atom stereocenters. The van der Waals surface area contributed by atoms with Gasteiger partial charge in [0.1, 0.15) is 18.7 Å². The Morgan fingerprint density at radius 2 is 1.91 bits per heavy atom. The quantitative estimate of drug-likeness (QED) is 0.535. The maximum atomic E-state index is 13.3. The van der Waals surface area contributed by atoms with Crippen molar-refractivity contribution in [1.29, 1.82) is 0 Å². The molecule has 2 N–H and O–H groups in total. The Hall–Kier alpha value is -2.49. The van der Waals surface area contributed by atoms with E-state index in [-0.39, 0.29) is 23.9 Å². The van der Waals surface area contributed by atoms with E-state index in [0.717, 1.165) is 12.8 Å². The van der Waals surface area contributed by atoms with Gasteiger partial charge in [0.05, 0.1) is 32.4 Å². The lowest BCUT2D eigenvalue weighted by Crippen LogP contribution is -2.55. The predicted octanol–water partition coefficient (Wildman–Crippen LogP) is 2.24. The molecule has 2 amide bonds. The van der Waals surface area contributed by atoms with Crippen molar-refractivity contribution in [2.24, 2.45) is 5.41 Å². The normalized spacial score (nSPS) is 22.3. The number of nitrogens with one attached hydrogen (secondary N) is 2. The third-order valence-corrected chi connectivity index (χ3v) is 6.34. The van der Waals surface area contributed by atoms with Gasteiger partial charge in [-0.2, -0.15) is 0 Å². The summed E-state index contributed by atoms with van der Waals surface area (Å²) >= 11 is 0. The fourth-order valence-corrected chi connectivity index (χ4v) is 4.28. The molecule has 188 valence electrons. The number of carbonyl (C=O) groups excluding carboxylic acids is 3. The van der Waals surface area contributed by atoms with Crippen molar-refractivity contribution < 1.29 is 28.7 Å². The van der Waals surface area contributed by atoms with Gasteiger partial charge in [0.25, 0.3) is 0 Å². The van der Waals surface area contributed by atoms with Crippen molar-refractivity contribution in [3.8, 4) is 0 Å². The highest BCUT2D eigenvalue weighted by atomic mass is 16.7. The van der Waals surface area contributed by atoms with Crippen LogP contribution in [0.3, 0.4) is 0 Å². The van der Waals surface area contributed by atoms with Gasteiger partial charge in [0.15, 0.2) is 5.78 Å². The molecule has 0 bridgehead atoms. The van der Waals surface area contributed by atoms with Crippen LogP contribution in [0.4, 0.5) is 4.79 Å². The summed E-state index contributed by atoms with van der Waals surface area (Å²) in [5.41, 5.74) is 0.959. The number of amides is 2. The number of benzene rings is 1. The second kappa shape index (κ2) is 12.3. The van der Waals surface area contributed by atoms with Crippen LogP contribution in [0.5, 0.6) is 0 Å². The van der Waals surface area contributed by atoms with Crippen LogP contribution >= 0.6 is 0 Å². The minimum atomic E-state index is -0.856. The first-order valence-electron chi connectivity index (χ1n) is 12.1. The molecule has 2 saturated heterocycles. The van der Waals surface area contributed by atoms with E-state index in [4.69, 9.17) is 14.3 Å². The summed E-state index contributed by atoms with van der Waals surface area (Å²) in [5.74, 6) is -0.563. The van der Waals surface area contributed by atoms with Gasteiger partial charge in [-0.15, -0.1) is 5.06 Å². The predicted molar refractivity (Wildman–Crippen MR) is 126 cm³/mol. The van der Waals surface area contributed by atoms with Gasteiger partial charge in [0.2, 0.25) is 5.91 Å². The van der Waals surface area contributed by atoms with E-state index in [1.807, 2.05) is 25.1 Å². The molecule has 2 heterocycles. The van der Waals surface area contributed by atoms with Crippen LogP contribution in [0.1, 0.15) is 45.6 Å². The smallest absolute Gasteiger partial charge is 0.379 e. The van der Waals surface area contributed by atoms with Crippen LogP contribution in [-0.2, 0) is 30.3 Å². The SMILES string of the molecule is CCC1OCC(=O)C1NC(=O)[C@H](CC(C)(C)CCc1ccccc1)NC(=O)ON1CCOCC1. The minimum absolute atomic E-state index is 0.0107. The highest BCUT2D eigenvalue weighted by Gasteiger charge is 2.38. The number of ether oxygens (including phenoxy) is 2. The zero-order chi connectivity index (χ0) is 24.6. The first-order chi connectivity index (χ1) is 16.3. The summed E-state index contributed by atoms with van der Waals surface area (Å²) in [5, 5.41) is 7.07. The highest BCUT2D eigenvalue weighted by molar-refractivity contribution is 5.94. The third kappa shape index (κ3) is 7.78. The van der Waals surface area contributed by atoms with Gasteiger partial charge >= 0.3 is 6.09 Å². The third-order valence-electron chi connectivity index (χ3n) is 6.34. The second-order valence-electron chi connectivity index (χ2n) is 9.68. The highest BCUT2D eigenvalue weighted by Crippen LogP contribution is 2.29. The first kappa shape index (κ1) is 26.1. The summed E-state index contributed by atoms with van der Waals surface area (Å²) < 4.78 is 10.8. The molecule has 0 aromatic heterocycles. The van der Waals surface area contributed by atoms with Crippen molar-refractivity contribution in [3.63, 3.8) is 0 Å². The maximum Gasteiger partial charge on any atom is 0.426 e. The van der Waals surface area contributed by atoms with Crippen LogP contribution in [0.25, 0.3) is 0 Å². The molecule has 34 heavy (non-hydrogen) atoms. The molecule has 2 fully saturated rings. The fraction of sp³-hybridized carbons (Fsp3) is 0.640. The molecule has 1 aromatic rings. The number of hydrogen-bond donors (Lipinski definition) is 2. The summed E-state index contributed by atoms with van der Waals surface area (Å²) in [4.78, 5) is 43.5. The molecule has 9 heteroatoms. The minimum Gasteiger partial charge on any atom is -0.379 e. The lowest BCUT2D eigenvalue weighted by molar-refractivity contribution is -0.148. The van der Waals surface area contributed by atoms with Crippen molar-refractivity contribution in [2.75, 3.05) is 32.9 Å². The summed E-state index contributed by atoms with van der Waals surface area (Å²) in [6.07, 6.45) is 1.63. The summed E-state index contributed by atoms with van der Waals surface area (Å²) in [6.45, 7) is 7.94. The fourth-order valence-electron chi connectivity index (χ4n) is 4.28. The van der Waals surface area contributed by atoms with Crippen LogP contribution in [-0.4, -0.2) is 73.9 Å². The van der Waals surface area contributed by atoms with E-state index < -0.39 is 24.1 Å². The largest absolute Gasteiger partial charge is 0.426 e. The lowest BCUT2D eigenvalue weighted by Gasteiger charge is -2.31. The number of ketones is 1. The standard InChI is InChI=1S/C25H37N3O6/c1-4-21-22(20(29)17-33-21)27-23(30)19(26-24(31)34-28-12-14-32-15-13-28)16-25(2,3)11-10-18-8-6-5-7-9-18/h5-9,19,21-22H,4,10-17H2,1-3H3,(H,26,31)(H,27,30)/t19-,21?,22?/m0/s1. The lowest BCUT2D eigenvalue weighted by atomic mass is 9.80. The van der Waals surface area contributed by atoms with Gasteiger partial charge in [-0.1, -0.05) is 51.1 Å². The number of carbonyl (C=O) groups is 3. The molecule has 0 radical (unpaired) electrons. The second-order valence-corrected chi connectivity index (χ2v) is 9.68.